The number of methoxy groups -OCH3 is 2. The Balaban J connectivity index is 2.54. The van der Waals surface area contributed by atoms with Crippen molar-refractivity contribution in [2.45, 2.75) is 32.2 Å². The van der Waals surface area contributed by atoms with E-state index < -0.39 is 11.9 Å². The van der Waals surface area contributed by atoms with Crippen molar-refractivity contribution >= 4 is 5.97 Å². The quantitative estimate of drug-likeness (QED) is 0.561. The maximum absolute atomic E-state index is 13.1. The molecular formula is C18H25N3O5. The standard InChI is InChI=1S/C18H25N3O5/c1-12-8-15(22)17(18(24)21(12)6-5-7-25-3)14(9-16(23)26-4)13-10-19-20(2)11-13/h8,10-11,14,22H,5-7,9H2,1-4H3. The Morgan fingerprint density at radius 1 is 1.38 bits per heavy atom. The molecule has 0 amide bonds. The van der Waals surface area contributed by atoms with Crippen molar-refractivity contribution in [2.24, 2.45) is 7.05 Å². The van der Waals surface area contributed by atoms with Gasteiger partial charge in [-0.1, -0.05) is 0 Å². The lowest BCUT2D eigenvalue weighted by molar-refractivity contribution is -0.140. The van der Waals surface area contributed by atoms with E-state index in [2.05, 4.69) is 5.10 Å². The van der Waals surface area contributed by atoms with Crippen molar-refractivity contribution in [3.8, 4) is 5.75 Å². The summed E-state index contributed by atoms with van der Waals surface area (Å²) in [4.78, 5) is 25.0. The number of hydrogen-bond donors (Lipinski definition) is 1. The van der Waals surface area contributed by atoms with Gasteiger partial charge in [0.05, 0.1) is 25.3 Å². The maximum atomic E-state index is 13.1. The predicted molar refractivity (Wildman–Crippen MR) is 95.3 cm³/mol. The van der Waals surface area contributed by atoms with Crippen molar-refractivity contribution in [1.29, 1.82) is 0 Å². The smallest absolute Gasteiger partial charge is 0.306 e. The molecule has 2 heterocycles. The fraction of sp³-hybridized carbons (Fsp3) is 0.500. The lowest BCUT2D eigenvalue weighted by atomic mass is 9.90. The van der Waals surface area contributed by atoms with Crippen molar-refractivity contribution < 1.29 is 19.4 Å². The molecule has 0 fully saturated rings. The number of carbonyl (C=O) groups is 1. The zero-order chi connectivity index (χ0) is 19.3. The Labute approximate surface area is 152 Å². The summed E-state index contributed by atoms with van der Waals surface area (Å²) in [5, 5.41) is 14.6. The normalized spacial score (nSPS) is 12.2. The molecule has 0 aromatic carbocycles. The number of esters is 1. The van der Waals surface area contributed by atoms with Gasteiger partial charge in [0, 0.05) is 45.1 Å². The molecule has 1 atom stereocenters. The van der Waals surface area contributed by atoms with Crippen LogP contribution in [0.3, 0.4) is 0 Å². The minimum atomic E-state index is -0.641. The number of nitrogens with zero attached hydrogens (tertiary/aromatic N) is 3. The highest BCUT2D eigenvalue weighted by molar-refractivity contribution is 5.71. The number of ether oxygens (including phenoxy) is 2. The van der Waals surface area contributed by atoms with Gasteiger partial charge in [0.15, 0.2) is 0 Å². The van der Waals surface area contributed by atoms with Gasteiger partial charge in [0.25, 0.3) is 5.56 Å². The molecule has 8 nitrogen and oxygen atoms in total. The number of hydrogen-bond acceptors (Lipinski definition) is 6. The molecule has 0 aliphatic rings. The molecule has 142 valence electrons. The summed E-state index contributed by atoms with van der Waals surface area (Å²) in [6.07, 6.45) is 3.91. The minimum absolute atomic E-state index is 0.0634. The first-order chi connectivity index (χ1) is 12.4. The average Bonchev–Trinajstić information content (AvgIpc) is 3.02. The molecule has 2 aromatic rings. The molecule has 0 saturated heterocycles. The number of carbonyl (C=O) groups excluding carboxylic acids is 1. The van der Waals surface area contributed by atoms with E-state index in [9.17, 15) is 14.7 Å². The van der Waals surface area contributed by atoms with Gasteiger partial charge < -0.3 is 19.1 Å². The summed E-state index contributed by atoms with van der Waals surface area (Å²) >= 11 is 0. The van der Waals surface area contributed by atoms with Crippen LogP contribution in [0.15, 0.2) is 23.3 Å². The van der Waals surface area contributed by atoms with Crippen LogP contribution in [0.4, 0.5) is 0 Å². The SMILES string of the molecule is COCCCn1c(C)cc(O)c(C(CC(=O)OC)c2cnn(C)c2)c1=O. The van der Waals surface area contributed by atoms with E-state index in [1.165, 1.54) is 7.11 Å². The van der Waals surface area contributed by atoms with Crippen LogP contribution in [0.1, 0.15) is 35.6 Å². The van der Waals surface area contributed by atoms with Crippen LogP contribution in [-0.2, 0) is 27.9 Å². The molecule has 0 saturated carbocycles. The summed E-state index contributed by atoms with van der Waals surface area (Å²) in [5.41, 5.74) is 1.16. The summed E-state index contributed by atoms with van der Waals surface area (Å²) in [6.45, 7) is 2.75. The van der Waals surface area contributed by atoms with Crippen molar-refractivity contribution in [2.75, 3.05) is 20.8 Å². The van der Waals surface area contributed by atoms with E-state index >= 15 is 0 Å². The number of pyridine rings is 1. The zero-order valence-corrected chi connectivity index (χ0v) is 15.6. The molecular weight excluding hydrogens is 338 g/mol. The highest BCUT2D eigenvalue weighted by Crippen LogP contribution is 2.32. The van der Waals surface area contributed by atoms with Crippen LogP contribution in [0.25, 0.3) is 0 Å². The van der Waals surface area contributed by atoms with Crippen LogP contribution >= 0.6 is 0 Å². The largest absolute Gasteiger partial charge is 0.507 e. The molecule has 0 radical (unpaired) electrons. The predicted octanol–water partition coefficient (Wildman–Crippen LogP) is 1.33. The molecule has 0 spiro atoms. The van der Waals surface area contributed by atoms with Crippen LogP contribution < -0.4 is 5.56 Å². The van der Waals surface area contributed by atoms with Gasteiger partial charge in [-0.25, -0.2) is 0 Å². The van der Waals surface area contributed by atoms with Gasteiger partial charge in [0.1, 0.15) is 5.75 Å². The molecule has 2 aromatic heterocycles. The van der Waals surface area contributed by atoms with E-state index in [-0.39, 0.29) is 23.3 Å². The molecule has 26 heavy (non-hydrogen) atoms. The summed E-state index contributed by atoms with van der Waals surface area (Å²) in [5.74, 6) is -1.24. The summed E-state index contributed by atoms with van der Waals surface area (Å²) in [7, 11) is 4.64. The molecule has 1 N–H and O–H groups in total. The van der Waals surface area contributed by atoms with E-state index in [4.69, 9.17) is 9.47 Å². The van der Waals surface area contributed by atoms with E-state index in [0.717, 1.165) is 0 Å². The Morgan fingerprint density at radius 2 is 2.12 bits per heavy atom. The van der Waals surface area contributed by atoms with E-state index in [1.807, 2.05) is 0 Å². The summed E-state index contributed by atoms with van der Waals surface area (Å²) < 4.78 is 13.0. The van der Waals surface area contributed by atoms with Gasteiger partial charge in [0.2, 0.25) is 0 Å². The Hall–Kier alpha value is -2.61. The number of rotatable bonds is 8. The number of aromatic hydroxyl groups is 1. The van der Waals surface area contributed by atoms with Gasteiger partial charge >= 0.3 is 5.97 Å². The number of aromatic nitrogens is 3. The van der Waals surface area contributed by atoms with Gasteiger partial charge in [-0.15, -0.1) is 0 Å². The first-order valence-corrected chi connectivity index (χ1v) is 8.36. The molecule has 1 unspecified atom stereocenters. The van der Waals surface area contributed by atoms with Crippen molar-refractivity contribution in [3.63, 3.8) is 0 Å². The van der Waals surface area contributed by atoms with Crippen LogP contribution in [0.2, 0.25) is 0 Å². The topological polar surface area (TPSA) is 95.6 Å². The Kier molecular flexibility index (Phi) is 6.57. The molecule has 8 heteroatoms. The second-order valence-corrected chi connectivity index (χ2v) is 6.17. The van der Waals surface area contributed by atoms with Crippen LogP contribution in [0, 0.1) is 6.92 Å². The van der Waals surface area contributed by atoms with E-state index in [0.29, 0.717) is 30.8 Å². The highest BCUT2D eigenvalue weighted by Gasteiger charge is 2.27. The minimum Gasteiger partial charge on any atom is -0.507 e. The first-order valence-electron chi connectivity index (χ1n) is 8.36. The fourth-order valence-electron chi connectivity index (χ4n) is 3.00. The monoisotopic (exact) mass is 363 g/mol. The van der Waals surface area contributed by atoms with Crippen LogP contribution in [-0.4, -0.2) is 46.2 Å². The molecule has 2 rings (SSSR count). The van der Waals surface area contributed by atoms with Gasteiger partial charge in [-0.3, -0.25) is 14.3 Å². The molecule has 0 aliphatic carbocycles. The lowest BCUT2D eigenvalue weighted by Gasteiger charge is -2.19. The molecule has 0 bridgehead atoms. The van der Waals surface area contributed by atoms with Crippen molar-refractivity contribution in [1.82, 2.24) is 14.3 Å². The highest BCUT2D eigenvalue weighted by atomic mass is 16.5. The first kappa shape index (κ1) is 19.7. The van der Waals surface area contributed by atoms with Crippen LogP contribution in [0.5, 0.6) is 5.75 Å². The molecule has 0 aliphatic heterocycles. The second-order valence-electron chi connectivity index (χ2n) is 6.17. The Morgan fingerprint density at radius 3 is 2.69 bits per heavy atom. The third-order valence-electron chi connectivity index (χ3n) is 4.33. The van der Waals surface area contributed by atoms with Gasteiger partial charge in [-0.2, -0.15) is 5.10 Å². The summed E-state index contributed by atoms with van der Waals surface area (Å²) in [6, 6.07) is 1.55. The Bertz CT molecular complexity index is 825. The number of aryl methyl sites for hydroxylation is 2. The van der Waals surface area contributed by atoms with Gasteiger partial charge in [-0.05, 0) is 25.0 Å². The fourth-order valence-corrected chi connectivity index (χ4v) is 3.00. The zero-order valence-electron chi connectivity index (χ0n) is 15.6. The third-order valence-corrected chi connectivity index (χ3v) is 4.33. The van der Waals surface area contributed by atoms with Crippen molar-refractivity contribution in [3.05, 3.63) is 45.6 Å². The maximum Gasteiger partial charge on any atom is 0.306 e. The van der Waals surface area contributed by atoms with E-state index in [1.54, 1.807) is 48.8 Å². The lowest BCUT2D eigenvalue weighted by Crippen LogP contribution is -2.29. The average molecular weight is 363 g/mol. The second kappa shape index (κ2) is 8.66. The third kappa shape index (κ3) is 4.32.